The Morgan fingerprint density at radius 3 is 2.63 bits per heavy atom. The van der Waals surface area contributed by atoms with Crippen molar-refractivity contribution >= 4 is 12.0 Å². The van der Waals surface area contributed by atoms with Crippen LogP contribution in [0.5, 0.6) is 0 Å². The van der Waals surface area contributed by atoms with Crippen molar-refractivity contribution in [3.05, 3.63) is 0 Å². The number of nitrogens with one attached hydrogen (secondary N) is 1. The Hall–Kier alpha value is -1.33. The van der Waals surface area contributed by atoms with E-state index in [1.807, 2.05) is 6.92 Å². The van der Waals surface area contributed by atoms with Gasteiger partial charge in [0.15, 0.2) is 0 Å². The summed E-state index contributed by atoms with van der Waals surface area (Å²) in [5.41, 5.74) is 0. The Bertz CT molecular complexity index is 364. The summed E-state index contributed by atoms with van der Waals surface area (Å²) >= 11 is 0. The fourth-order valence-corrected chi connectivity index (χ4v) is 3.02. The van der Waals surface area contributed by atoms with Gasteiger partial charge in [-0.2, -0.15) is 0 Å². The SMILES string of the molecule is CC1CC(C(=O)O)CN(C(=O)N[C@@H]2CCC[C@@H]2F)C1. The molecule has 0 spiro atoms. The minimum absolute atomic E-state index is 0.158. The zero-order valence-electron chi connectivity index (χ0n) is 11.1. The molecule has 1 aliphatic heterocycles. The molecule has 19 heavy (non-hydrogen) atoms. The van der Waals surface area contributed by atoms with Gasteiger partial charge in [0.05, 0.1) is 12.0 Å². The predicted octanol–water partition coefficient (Wildman–Crippen LogP) is 1.63. The minimum Gasteiger partial charge on any atom is -0.481 e. The van der Waals surface area contributed by atoms with Gasteiger partial charge in [-0.3, -0.25) is 4.79 Å². The number of rotatable bonds is 2. The number of piperidine rings is 1. The van der Waals surface area contributed by atoms with Crippen LogP contribution in [0.15, 0.2) is 0 Å². The highest BCUT2D eigenvalue weighted by molar-refractivity contribution is 5.77. The zero-order chi connectivity index (χ0) is 14.0. The molecule has 0 aromatic heterocycles. The number of hydrogen-bond acceptors (Lipinski definition) is 2. The molecule has 1 heterocycles. The van der Waals surface area contributed by atoms with E-state index in [4.69, 9.17) is 5.11 Å². The number of nitrogens with zero attached hydrogens (tertiary/aromatic N) is 1. The highest BCUT2D eigenvalue weighted by Gasteiger charge is 2.34. The normalized spacial score (nSPS) is 35.2. The van der Waals surface area contributed by atoms with Crippen LogP contribution in [0.4, 0.5) is 9.18 Å². The van der Waals surface area contributed by atoms with E-state index in [2.05, 4.69) is 5.32 Å². The molecule has 2 unspecified atom stereocenters. The molecule has 0 aromatic carbocycles. The molecule has 108 valence electrons. The average Bonchev–Trinajstić information content (AvgIpc) is 2.74. The smallest absolute Gasteiger partial charge is 0.317 e. The maximum Gasteiger partial charge on any atom is 0.317 e. The molecular formula is C13H21FN2O3. The number of hydrogen-bond donors (Lipinski definition) is 2. The third-order valence-corrected chi connectivity index (χ3v) is 4.04. The molecule has 2 amide bonds. The Balaban J connectivity index is 1.92. The summed E-state index contributed by atoms with van der Waals surface area (Å²) in [6.07, 6.45) is 1.58. The number of carboxylic acid groups (broad SMARTS) is 1. The van der Waals surface area contributed by atoms with E-state index in [9.17, 15) is 14.0 Å². The maximum absolute atomic E-state index is 13.5. The molecule has 1 saturated carbocycles. The van der Waals surface area contributed by atoms with Gasteiger partial charge in [0.25, 0.3) is 0 Å². The van der Waals surface area contributed by atoms with Crippen molar-refractivity contribution in [3.63, 3.8) is 0 Å². The van der Waals surface area contributed by atoms with E-state index in [-0.39, 0.29) is 18.5 Å². The van der Waals surface area contributed by atoms with Gasteiger partial charge < -0.3 is 15.3 Å². The predicted molar refractivity (Wildman–Crippen MR) is 67.5 cm³/mol. The van der Waals surface area contributed by atoms with Crippen LogP contribution >= 0.6 is 0 Å². The fraction of sp³-hybridized carbons (Fsp3) is 0.846. The van der Waals surface area contributed by atoms with Crippen LogP contribution in [0.1, 0.15) is 32.6 Å². The molecule has 2 fully saturated rings. The van der Waals surface area contributed by atoms with Gasteiger partial charge in [-0.05, 0) is 31.6 Å². The number of halogens is 1. The lowest BCUT2D eigenvalue weighted by atomic mass is 9.91. The van der Waals surface area contributed by atoms with E-state index in [1.54, 1.807) is 0 Å². The number of urea groups is 1. The Morgan fingerprint density at radius 1 is 1.32 bits per heavy atom. The quantitative estimate of drug-likeness (QED) is 0.802. The molecule has 1 aliphatic carbocycles. The van der Waals surface area contributed by atoms with Crippen LogP contribution in [0.3, 0.4) is 0 Å². The topological polar surface area (TPSA) is 69.6 Å². The number of amides is 2. The summed E-state index contributed by atoms with van der Waals surface area (Å²) < 4.78 is 13.5. The first-order chi connectivity index (χ1) is 8.97. The highest BCUT2D eigenvalue weighted by Crippen LogP contribution is 2.24. The van der Waals surface area contributed by atoms with Crippen LogP contribution in [-0.2, 0) is 4.79 Å². The van der Waals surface area contributed by atoms with Gasteiger partial charge in [0, 0.05) is 13.1 Å². The number of likely N-dealkylation sites (tertiary alicyclic amines) is 1. The highest BCUT2D eigenvalue weighted by atomic mass is 19.1. The Morgan fingerprint density at radius 2 is 2.05 bits per heavy atom. The summed E-state index contributed by atoms with van der Waals surface area (Å²) in [5.74, 6) is -1.22. The van der Waals surface area contributed by atoms with Crippen LogP contribution in [0.25, 0.3) is 0 Å². The number of carbonyl (C=O) groups excluding carboxylic acids is 1. The standard InChI is InChI=1S/C13H21FN2O3/c1-8-5-9(12(17)18)7-16(6-8)13(19)15-11-4-2-3-10(11)14/h8-11H,2-7H2,1H3,(H,15,19)(H,17,18)/t8?,9?,10-,11+/m0/s1. The van der Waals surface area contributed by atoms with Gasteiger partial charge in [0.2, 0.25) is 0 Å². The second-order valence-corrected chi connectivity index (χ2v) is 5.78. The summed E-state index contributed by atoms with van der Waals surface area (Å²) in [6.45, 7) is 2.69. The molecule has 5 nitrogen and oxygen atoms in total. The average molecular weight is 272 g/mol. The van der Waals surface area contributed by atoms with E-state index < -0.39 is 24.1 Å². The molecular weight excluding hydrogens is 251 g/mol. The van der Waals surface area contributed by atoms with Crippen LogP contribution < -0.4 is 5.32 Å². The molecule has 1 saturated heterocycles. The lowest BCUT2D eigenvalue weighted by Crippen LogP contribution is -2.52. The lowest BCUT2D eigenvalue weighted by molar-refractivity contribution is -0.143. The molecule has 2 N–H and O–H groups in total. The molecule has 0 radical (unpaired) electrons. The Labute approximate surface area is 112 Å². The van der Waals surface area contributed by atoms with Gasteiger partial charge in [-0.25, -0.2) is 9.18 Å². The lowest BCUT2D eigenvalue weighted by Gasteiger charge is -2.35. The van der Waals surface area contributed by atoms with E-state index in [0.717, 1.165) is 6.42 Å². The van der Waals surface area contributed by atoms with Crippen molar-refractivity contribution in [2.45, 2.75) is 44.8 Å². The van der Waals surface area contributed by atoms with E-state index in [0.29, 0.717) is 25.8 Å². The summed E-state index contributed by atoms with van der Waals surface area (Å²) in [6, 6.07) is -0.736. The molecule has 4 atom stereocenters. The van der Waals surface area contributed by atoms with Crippen molar-refractivity contribution in [2.24, 2.45) is 11.8 Å². The monoisotopic (exact) mass is 272 g/mol. The van der Waals surface area contributed by atoms with Crippen LogP contribution in [-0.4, -0.2) is 47.3 Å². The number of carbonyl (C=O) groups is 2. The molecule has 2 rings (SSSR count). The van der Waals surface area contributed by atoms with Gasteiger partial charge in [-0.1, -0.05) is 6.92 Å². The van der Waals surface area contributed by atoms with Gasteiger partial charge in [-0.15, -0.1) is 0 Å². The number of carboxylic acids is 1. The third-order valence-electron chi connectivity index (χ3n) is 4.04. The summed E-state index contributed by atoms with van der Waals surface area (Å²) in [7, 11) is 0. The summed E-state index contributed by atoms with van der Waals surface area (Å²) in [5, 5.41) is 11.8. The van der Waals surface area contributed by atoms with E-state index in [1.165, 1.54) is 4.90 Å². The van der Waals surface area contributed by atoms with Crippen molar-refractivity contribution < 1.29 is 19.1 Å². The first-order valence-electron chi connectivity index (χ1n) is 6.89. The molecule has 6 heteroatoms. The number of alkyl halides is 1. The molecule has 2 aliphatic rings. The second kappa shape index (κ2) is 5.75. The minimum atomic E-state index is -0.971. The van der Waals surface area contributed by atoms with Gasteiger partial charge >= 0.3 is 12.0 Å². The zero-order valence-corrected chi connectivity index (χ0v) is 11.1. The van der Waals surface area contributed by atoms with Crippen molar-refractivity contribution in [1.82, 2.24) is 10.2 Å². The van der Waals surface area contributed by atoms with Crippen LogP contribution in [0.2, 0.25) is 0 Å². The maximum atomic E-state index is 13.5. The fourth-order valence-electron chi connectivity index (χ4n) is 3.02. The van der Waals surface area contributed by atoms with Crippen LogP contribution in [0, 0.1) is 11.8 Å². The van der Waals surface area contributed by atoms with Crippen molar-refractivity contribution in [1.29, 1.82) is 0 Å². The molecule has 0 bridgehead atoms. The second-order valence-electron chi connectivity index (χ2n) is 5.78. The summed E-state index contributed by atoms with van der Waals surface area (Å²) in [4.78, 5) is 24.6. The first kappa shape index (κ1) is 14.1. The molecule has 0 aromatic rings. The van der Waals surface area contributed by atoms with Gasteiger partial charge in [0.1, 0.15) is 6.17 Å². The third kappa shape index (κ3) is 3.36. The number of aliphatic carboxylic acids is 1. The van der Waals surface area contributed by atoms with Crippen molar-refractivity contribution in [3.8, 4) is 0 Å². The van der Waals surface area contributed by atoms with E-state index >= 15 is 0 Å². The Kier molecular flexibility index (Phi) is 4.27. The van der Waals surface area contributed by atoms with Crippen molar-refractivity contribution in [2.75, 3.05) is 13.1 Å². The largest absolute Gasteiger partial charge is 0.481 e. The first-order valence-corrected chi connectivity index (χ1v) is 6.89.